The Morgan fingerprint density at radius 2 is 2.10 bits per heavy atom. The minimum Gasteiger partial charge on any atom is -0.319 e. The minimum atomic E-state index is -3.99. The lowest BCUT2D eigenvalue weighted by Crippen LogP contribution is -2.31. The Kier molecular flexibility index (Phi) is 4.78. The van der Waals surface area contributed by atoms with Gasteiger partial charge < -0.3 is 5.32 Å². The van der Waals surface area contributed by atoms with E-state index >= 15 is 0 Å². The van der Waals surface area contributed by atoms with Crippen molar-refractivity contribution in [2.24, 2.45) is 5.92 Å². The molecule has 0 amide bonds. The fourth-order valence-electron chi connectivity index (χ4n) is 2.31. The second kappa shape index (κ2) is 6.05. The topological polar surface area (TPSA) is 49.4 Å². The maximum absolute atomic E-state index is 13.8. The minimum absolute atomic E-state index is 0.0940. The van der Waals surface area contributed by atoms with Crippen molar-refractivity contribution in [3.63, 3.8) is 0 Å². The molecule has 8 heteroatoms. The van der Waals surface area contributed by atoms with Gasteiger partial charge in [0.1, 0.15) is 16.5 Å². The van der Waals surface area contributed by atoms with Crippen molar-refractivity contribution in [2.45, 2.75) is 11.3 Å². The van der Waals surface area contributed by atoms with Gasteiger partial charge in [0, 0.05) is 13.1 Å². The van der Waals surface area contributed by atoms with Gasteiger partial charge >= 0.3 is 0 Å². The fraction of sp³-hybridized carbons (Fsp3) is 0.500. The summed E-state index contributed by atoms with van der Waals surface area (Å²) in [5, 5.41) is 2.99. The van der Waals surface area contributed by atoms with Crippen molar-refractivity contribution in [1.82, 2.24) is 9.62 Å². The van der Waals surface area contributed by atoms with E-state index in [0.717, 1.165) is 12.1 Å². The molecule has 1 aliphatic rings. The molecule has 0 bridgehead atoms. The molecule has 1 fully saturated rings. The number of halogens is 3. The van der Waals surface area contributed by atoms with Crippen LogP contribution in [0.4, 0.5) is 8.78 Å². The summed E-state index contributed by atoms with van der Waals surface area (Å²) in [6.45, 7) is 1.34. The van der Waals surface area contributed by atoms with Gasteiger partial charge in [0.15, 0.2) is 0 Å². The molecule has 1 aromatic rings. The molecule has 4 nitrogen and oxygen atoms in total. The zero-order valence-electron chi connectivity index (χ0n) is 10.9. The molecule has 0 aliphatic carbocycles. The summed E-state index contributed by atoms with van der Waals surface area (Å²) < 4.78 is 53.1. The Morgan fingerprint density at radius 3 is 2.75 bits per heavy atom. The summed E-state index contributed by atoms with van der Waals surface area (Å²) in [4.78, 5) is -0.608. The van der Waals surface area contributed by atoms with Gasteiger partial charge in [-0.25, -0.2) is 17.2 Å². The number of benzene rings is 1. The van der Waals surface area contributed by atoms with Crippen LogP contribution in [0.3, 0.4) is 0 Å². The fourth-order valence-corrected chi connectivity index (χ4v) is 4.22. The van der Waals surface area contributed by atoms with E-state index in [1.165, 1.54) is 4.31 Å². The molecule has 1 atom stereocenters. The number of hydrogen-bond donors (Lipinski definition) is 1. The third kappa shape index (κ3) is 3.03. The van der Waals surface area contributed by atoms with Crippen LogP contribution in [0.15, 0.2) is 21.5 Å². The first-order valence-electron chi connectivity index (χ1n) is 6.15. The summed E-state index contributed by atoms with van der Waals surface area (Å²) in [6, 6.07) is 1.56. The smallest absolute Gasteiger partial charge is 0.246 e. The van der Waals surface area contributed by atoms with Crippen molar-refractivity contribution in [3.05, 3.63) is 28.2 Å². The van der Waals surface area contributed by atoms with Crippen LogP contribution in [0.2, 0.25) is 0 Å². The quantitative estimate of drug-likeness (QED) is 0.826. The van der Waals surface area contributed by atoms with Crippen LogP contribution < -0.4 is 5.32 Å². The van der Waals surface area contributed by atoms with Crippen molar-refractivity contribution < 1.29 is 17.2 Å². The summed E-state index contributed by atoms with van der Waals surface area (Å²) in [5.41, 5.74) is 0. The Hall–Kier alpha value is -0.570. The Morgan fingerprint density at radius 1 is 1.40 bits per heavy atom. The molecular weight excluding hydrogens is 354 g/mol. The number of hydrogen-bond acceptors (Lipinski definition) is 3. The maximum Gasteiger partial charge on any atom is 0.246 e. The van der Waals surface area contributed by atoms with Gasteiger partial charge in [0.25, 0.3) is 0 Å². The summed E-state index contributed by atoms with van der Waals surface area (Å²) in [6.07, 6.45) is 0.709. The first-order chi connectivity index (χ1) is 9.36. The molecule has 0 spiro atoms. The Balaban J connectivity index is 2.30. The van der Waals surface area contributed by atoms with Gasteiger partial charge in [0.05, 0.1) is 4.47 Å². The van der Waals surface area contributed by atoms with Crippen LogP contribution in [0.5, 0.6) is 0 Å². The summed E-state index contributed by atoms with van der Waals surface area (Å²) in [5.74, 6) is -1.55. The molecule has 0 saturated carbocycles. The Bertz CT molecular complexity index is 610. The highest BCUT2D eigenvalue weighted by molar-refractivity contribution is 9.10. The standard InChI is InChI=1S/C12H15BrF2N2O2S/c1-16-6-8-2-3-17(7-8)20(18,19)12-5-10(14)9(13)4-11(12)15/h4-5,8,16H,2-3,6-7H2,1H3. The predicted molar refractivity (Wildman–Crippen MR) is 74.9 cm³/mol. The lowest BCUT2D eigenvalue weighted by atomic mass is 10.1. The van der Waals surface area contributed by atoms with Gasteiger partial charge in [-0.2, -0.15) is 4.31 Å². The summed E-state index contributed by atoms with van der Waals surface area (Å²) in [7, 11) is -2.20. The van der Waals surface area contributed by atoms with E-state index in [1.807, 2.05) is 0 Å². The number of rotatable bonds is 4. The SMILES string of the molecule is CNCC1CCN(S(=O)(=O)c2cc(F)c(Br)cc2F)C1. The zero-order chi connectivity index (χ0) is 14.9. The van der Waals surface area contributed by atoms with Gasteiger partial charge in [-0.3, -0.25) is 0 Å². The van der Waals surface area contributed by atoms with E-state index in [4.69, 9.17) is 0 Å². The average Bonchev–Trinajstić information content (AvgIpc) is 2.83. The van der Waals surface area contributed by atoms with Crippen LogP contribution >= 0.6 is 15.9 Å². The molecule has 1 N–H and O–H groups in total. The number of nitrogens with zero attached hydrogens (tertiary/aromatic N) is 1. The van der Waals surface area contributed by atoms with E-state index in [1.54, 1.807) is 7.05 Å². The molecule has 0 aromatic heterocycles. The molecule has 1 aliphatic heterocycles. The van der Waals surface area contributed by atoms with E-state index in [2.05, 4.69) is 21.2 Å². The second-order valence-electron chi connectivity index (χ2n) is 4.77. The second-order valence-corrected chi connectivity index (χ2v) is 7.53. The largest absolute Gasteiger partial charge is 0.319 e. The molecule has 0 radical (unpaired) electrons. The molecule has 20 heavy (non-hydrogen) atoms. The van der Waals surface area contributed by atoms with Crippen molar-refractivity contribution in [3.8, 4) is 0 Å². The van der Waals surface area contributed by atoms with Crippen LogP contribution in [0.1, 0.15) is 6.42 Å². The normalized spacial score (nSPS) is 20.5. The van der Waals surface area contributed by atoms with Crippen LogP contribution in [-0.2, 0) is 10.0 Å². The monoisotopic (exact) mass is 368 g/mol. The molecule has 1 saturated heterocycles. The highest BCUT2D eigenvalue weighted by Crippen LogP contribution is 2.28. The molecule has 112 valence electrons. The maximum atomic E-state index is 13.8. The number of sulfonamides is 1. The first kappa shape index (κ1) is 15.8. The molecule has 1 heterocycles. The molecule has 2 rings (SSSR count). The zero-order valence-corrected chi connectivity index (χ0v) is 13.3. The molecular formula is C12H15BrF2N2O2S. The van der Waals surface area contributed by atoms with Gasteiger partial charge in [-0.15, -0.1) is 0 Å². The first-order valence-corrected chi connectivity index (χ1v) is 8.39. The third-order valence-electron chi connectivity index (χ3n) is 3.33. The molecule has 1 aromatic carbocycles. The average molecular weight is 369 g/mol. The van der Waals surface area contributed by atoms with Crippen LogP contribution in [0, 0.1) is 17.6 Å². The van der Waals surface area contributed by atoms with Crippen molar-refractivity contribution in [1.29, 1.82) is 0 Å². The third-order valence-corrected chi connectivity index (χ3v) is 5.82. The highest BCUT2D eigenvalue weighted by Gasteiger charge is 2.34. The van der Waals surface area contributed by atoms with Gasteiger partial charge in [-0.05, 0) is 54.0 Å². The lowest BCUT2D eigenvalue weighted by Gasteiger charge is -2.17. The van der Waals surface area contributed by atoms with Gasteiger partial charge in [-0.1, -0.05) is 0 Å². The van der Waals surface area contributed by atoms with Crippen LogP contribution in [-0.4, -0.2) is 39.4 Å². The highest BCUT2D eigenvalue weighted by atomic mass is 79.9. The van der Waals surface area contributed by atoms with E-state index in [9.17, 15) is 17.2 Å². The van der Waals surface area contributed by atoms with E-state index in [-0.39, 0.29) is 10.4 Å². The van der Waals surface area contributed by atoms with Crippen molar-refractivity contribution in [2.75, 3.05) is 26.7 Å². The number of nitrogens with one attached hydrogen (secondary N) is 1. The predicted octanol–water partition coefficient (Wildman–Crippen LogP) is 1.96. The van der Waals surface area contributed by atoms with Crippen molar-refractivity contribution >= 4 is 26.0 Å². The van der Waals surface area contributed by atoms with E-state index in [0.29, 0.717) is 26.1 Å². The van der Waals surface area contributed by atoms with E-state index < -0.39 is 26.6 Å². The lowest BCUT2D eigenvalue weighted by molar-refractivity contribution is 0.445. The van der Waals surface area contributed by atoms with Crippen LogP contribution in [0.25, 0.3) is 0 Å². The Labute approximate surface area is 125 Å². The molecule has 1 unspecified atom stereocenters. The summed E-state index contributed by atoms with van der Waals surface area (Å²) >= 11 is 2.83. The van der Waals surface area contributed by atoms with Gasteiger partial charge in [0.2, 0.25) is 10.0 Å².